The van der Waals surface area contributed by atoms with Gasteiger partial charge in [-0.1, -0.05) is 72.8 Å². The number of amidine groups is 2. The van der Waals surface area contributed by atoms with E-state index in [1.807, 2.05) is 84.9 Å². The summed E-state index contributed by atoms with van der Waals surface area (Å²) in [5.41, 5.74) is 9.63. The van der Waals surface area contributed by atoms with Crippen molar-refractivity contribution in [3.05, 3.63) is 102 Å². The molecule has 25 heavy (non-hydrogen) atoms. The van der Waals surface area contributed by atoms with Crippen LogP contribution in [-0.4, -0.2) is 11.7 Å². The lowest BCUT2D eigenvalue weighted by Gasteiger charge is -2.23. The molecule has 0 fully saturated rings. The molecule has 1 atom stereocenters. The van der Waals surface area contributed by atoms with Gasteiger partial charge in [-0.2, -0.15) is 0 Å². The second kappa shape index (κ2) is 6.61. The van der Waals surface area contributed by atoms with Crippen LogP contribution in [0.25, 0.3) is 0 Å². The highest BCUT2D eigenvalue weighted by Crippen LogP contribution is 2.22. The minimum absolute atomic E-state index is 0.205. The Morgan fingerprint density at radius 3 is 1.96 bits per heavy atom. The Bertz CT molecular complexity index is 913. The van der Waals surface area contributed by atoms with E-state index in [0.717, 1.165) is 34.0 Å². The SMILES string of the molecule is Nc1ccc(C2N=C(c3ccccc3)N=C(c3ccccc3)N2)cc1. The van der Waals surface area contributed by atoms with Crippen LogP contribution in [0.15, 0.2) is 94.9 Å². The zero-order valence-corrected chi connectivity index (χ0v) is 13.6. The van der Waals surface area contributed by atoms with E-state index >= 15 is 0 Å². The van der Waals surface area contributed by atoms with Crippen molar-refractivity contribution < 1.29 is 0 Å². The highest BCUT2D eigenvalue weighted by Gasteiger charge is 2.20. The second-order valence-electron chi connectivity index (χ2n) is 5.86. The Balaban J connectivity index is 1.78. The lowest BCUT2D eigenvalue weighted by Crippen LogP contribution is -2.33. The van der Waals surface area contributed by atoms with Crippen molar-refractivity contribution in [2.45, 2.75) is 6.17 Å². The largest absolute Gasteiger partial charge is 0.399 e. The Morgan fingerprint density at radius 2 is 1.32 bits per heavy atom. The van der Waals surface area contributed by atoms with Gasteiger partial charge < -0.3 is 11.1 Å². The van der Waals surface area contributed by atoms with Crippen LogP contribution in [0.5, 0.6) is 0 Å². The molecule has 4 heteroatoms. The van der Waals surface area contributed by atoms with Gasteiger partial charge in [0.25, 0.3) is 0 Å². The van der Waals surface area contributed by atoms with Crippen LogP contribution >= 0.6 is 0 Å². The number of nitrogens with two attached hydrogens (primary N) is 1. The van der Waals surface area contributed by atoms with Crippen LogP contribution < -0.4 is 11.1 Å². The van der Waals surface area contributed by atoms with Crippen molar-refractivity contribution in [3.63, 3.8) is 0 Å². The smallest absolute Gasteiger partial charge is 0.159 e. The van der Waals surface area contributed by atoms with E-state index in [9.17, 15) is 0 Å². The molecule has 1 heterocycles. The topological polar surface area (TPSA) is 62.8 Å². The summed E-state index contributed by atoms with van der Waals surface area (Å²) >= 11 is 0. The third kappa shape index (κ3) is 3.28. The molecule has 0 radical (unpaired) electrons. The molecule has 0 spiro atoms. The van der Waals surface area contributed by atoms with Crippen LogP contribution in [0, 0.1) is 0 Å². The first-order valence-electron chi connectivity index (χ1n) is 8.19. The summed E-state index contributed by atoms with van der Waals surface area (Å²) in [6.07, 6.45) is -0.205. The minimum Gasteiger partial charge on any atom is -0.399 e. The second-order valence-corrected chi connectivity index (χ2v) is 5.86. The van der Waals surface area contributed by atoms with Crippen LogP contribution in [-0.2, 0) is 0 Å². The van der Waals surface area contributed by atoms with Gasteiger partial charge in [-0.05, 0) is 17.7 Å². The molecule has 0 amide bonds. The minimum atomic E-state index is -0.205. The number of hydrogen-bond acceptors (Lipinski definition) is 4. The van der Waals surface area contributed by atoms with Gasteiger partial charge in [0.15, 0.2) is 5.84 Å². The molecule has 4 rings (SSSR count). The Hall–Kier alpha value is -3.40. The molecule has 0 bridgehead atoms. The average molecular weight is 326 g/mol. The number of rotatable bonds is 3. The molecule has 1 unspecified atom stereocenters. The number of benzene rings is 3. The van der Waals surface area contributed by atoms with Crippen LogP contribution in [0.3, 0.4) is 0 Å². The lowest BCUT2D eigenvalue weighted by molar-refractivity contribution is 0.674. The molecule has 122 valence electrons. The number of anilines is 1. The predicted molar refractivity (Wildman–Crippen MR) is 103 cm³/mol. The molecular formula is C21H18N4. The monoisotopic (exact) mass is 326 g/mol. The Kier molecular flexibility index (Phi) is 4.01. The van der Waals surface area contributed by atoms with Gasteiger partial charge in [-0.25, -0.2) is 9.98 Å². The lowest BCUT2D eigenvalue weighted by atomic mass is 10.1. The molecular weight excluding hydrogens is 308 g/mol. The fourth-order valence-corrected chi connectivity index (χ4v) is 2.76. The van der Waals surface area contributed by atoms with Crippen LogP contribution in [0.4, 0.5) is 5.69 Å². The summed E-state index contributed by atoms with van der Waals surface area (Å²) in [4.78, 5) is 9.55. The standard InChI is InChI=1S/C21H18N4/c22-18-13-11-17(12-14-18)21-24-19(15-7-3-1-4-8-15)23-20(25-21)16-9-5-2-6-10-16/h1-14,21H,22H2,(H,23,24,25). The molecule has 4 nitrogen and oxygen atoms in total. The molecule has 1 aliphatic rings. The van der Waals surface area contributed by atoms with Crippen molar-refractivity contribution in [1.82, 2.24) is 5.32 Å². The van der Waals surface area contributed by atoms with Gasteiger partial charge in [0.1, 0.15) is 12.0 Å². The number of nitrogens with zero attached hydrogens (tertiary/aromatic N) is 2. The third-order valence-electron chi connectivity index (χ3n) is 4.07. The number of nitrogens with one attached hydrogen (secondary N) is 1. The van der Waals surface area contributed by atoms with Gasteiger partial charge in [0, 0.05) is 16.8 Å². The van der Waals surface area contributed by atoms with E-state index < -0.39 is 0 Å². The van der Waals surface area contributed by atoms with Gasteiger partial charge in [0.2, 0.25) is 0 Å². The molecule has 0 aliphatic carbocycles. The summed E-state index contributed by atoms with van der Waals surface area (Å²) in [6, 6.07) is 27.9. The van der Waals surface area contributed by atoms with Crippen molar-refractivity contribution in [3.8, 4) is 0 Å². The molecule has 0 saturated carbocycles. The maximum atomic E-state index is 5.81. The maximum absolute atomic E-state index is 5.81. The molecule has 0 saturated heterocycles. The van der Waals surface area contributed by atoms with E-state index in [0.29, 0.717) is 0 Å². The summed E-state index contributed by atoms with van der Waals surface area (Å²) in [5.74, 6) is 1.54. The summed E-state index contributed by atoms with van der Waals surface area (Å²) < 4.78 is 0. The van der Waals surface area contributed by atoms with Gasteiger partial charge in [0.05, 0.1) is 0 Å². The van der Waals surface area contributed by atoms with E-state index in [4.69, 9.17) is 15.7 Å². The predicted octanol–water partition coefficient (Wildman–Crippen LogP) is 3.76. The average Bonchev–Trinajstić information content (AvgIpc) is 2.69. The summed E-state index contributed by atoms with van der Waals surface area (Å²) in [6.45, 7) is 0. The first-order valence-corrected chi connectivity index (χ1v) is 8.19. The molecule has 3 aromatic carbocycles. The highest BCUT2D eigenvalue weighted by atomic mass is 15.2. The van der Waals surface area contributed by atoms with Crippen molar-refractivity contribution in [2.24, 2.45) is 9.98 Å². The normalized spacial score (nSPS) is 16.6. The molecule has 1 aliphatic heterocycles. The molecule has 0 aromatic heterocycles. The highest BCUT2D eigenvalue weighted by molar-refractivity contribution is 6.12. The zero-order chi connectivity index (χ0) is 17.1. The zero-order valence-electron chi connectivity index (χ0n) is 13.6. The van der Waals surface area contributed by atoms with Crippen LogP contribution in [0.1, 0.15) is 22.9 Å². The molecule has 3 aromatic rings. The van der Waals surface area contributed by atoms with Gasteiger partial charge in [-0.3, -0.25) is 0 Å². The van der Waals surface area contributed by atoms with Gasteiger partial charge >= 0.3 is 0 Å². The van der Waals surface area contributed by atoms with E-state index in [-0.39, 0.29) is 6.17 Å². The first kappa shape index (κ1) is 15.1. The van der Waals surface area contributed by atoms with E-state index in [2.05, 4.69) is 5.32 Å². The summed E-state index contributed by atoms with van der Waals surface area (Å²) in [7, 11) is 0. The van der Waals surface area contributed by atoms with Crippen molar-refractivity contribution >= 4 is 17.4 Å². The number of nitrogen functional groups attached to an aromatic ring is 1. The van der Waals surface area contributed by atoms with Crippen molar-refractivity contribution in [1.29, 1.82) is 0 Å². The number of hydrogen-bond donors (Lipinski definition) is 2. The summed E-state index contributed by atoms with van der Waals surface area (Å²) in [5, 5.41) is 3.43. The fourth-order valence-electron chi connectivity index (χ4n) is 2.76. The van der Waals surface area contributed by atoms with Crippen LogP contribution in [0.2, 0.25) is 0 Å². The third-order valence-corrected chi connectivity index (χ3v) is 4.07. The first-order chi connectivity index (χ1) is 12.3. The van der Waals surface area contributed by atoms with Crippen molar-refractivity contribution in [2.75, 3.05) is 5.73 Å². The van der Waals surface area contributed by atoms with E-state index in [1.54, 1.807) is 0 Å². The fraction of sp³-hybridized carbons (Fsp3) is 0.0476. The quantitative estimate of drug-likeness (QED) is 0.720. The Labute approximate surface area is 146 Å². The maximum Gasteiger partial charge on any atom is 0.159 e. The number of aliphatic imine (C=N–C) groups is 2. The molecule has 3 N–H and O–H groups in total. The Morgan fingerprint density at radius 1 is 0.720 bits per heavy atom. The van der Waals surface area contributed by atoms with Gasteiger partial charge in [-0.15, -0.1) is 0 Å². The van der Waals surface area contributed by atoms with E-state index in [1.165, 1.54) is 0 Å².